The number of hydrogen-bond acceptors (Lipinski definition) is 5. The molecule has 2 aromatic heterocycles. The number of aryl methyl sites for hydroxylation is 1. The van der Waals surface area contributed by atoms with Gasteiger partial charge in [0, 0.05) is 12.4 Å². The minimum atomic E-state index is 0.250. The summed E-state index contributed by atoms with van der Waals surface area (Å²) in [5.74, 6) is 1.50. The fourth-order valence-corrected chi connectivity index (χ4v) is 1.17. The molecule has 72 valence electrons. The Morgan fingerprint density at radius 1 is 1.36 bits per heavy atom. The van der Waals surface area contributed by atoms with E-state index in [1.165, 1.54) is 0 Å². The largest absolute Gasteiger partial charge is 0.368 e. The molecule has 0 unspecified atom stereocenters. The molecule has 2 N–H and O–H groups in total. The third-order valence-electron chi connectivity index (χ3n) is 1.67. The van der Waals surface area contributed by atoms with Crippen molar-refractivity contribution in [2.75, 3.05) is 5.73 Å². The van der Waals surface area contributed by atoms with Gasteiger partial charge in [0.2, 0.25) is 5.95 Å². The van der Waals surface area contributed by atoms with Crippen LogP contribution in [0.25, 0.3) is 0 Å². The van der Waals surface area contributed by atoms with Gasteiger partial charge in [-0.25, -0.2) is 4.98 Å². The third-order valence-corrected chi connectivity index (χ3v) is 1.67. The fraction of sp³-hybridized carbons (Fsp3) is 0.250. The Labute approximate surface area is 80.8 Å². The lowest BCUT2D eigenvalue weighted by molar-refractivity contribution is 0.649. The summed E-state index contributed by atoms with van der Waals surface area (Å²) in [5, 5.41) is 4.05. The van der Waals surface area contributed by atoms with Crippen LogP contribution in [-0.4, -0.2) is 24.7 Å². The summed E-state index contributed by atoms with van der Waals surface area (Å²) in [5.41, 5.74) is 5.50. The van der Waals surface area contributed by atoms with Crippen LogP contribution in [0, 0.1) is 6.92 Å². The van der Waals surface area contributed by atoms with Crippen molar-refractivity contribution in [2.24, 2.45) is 0 Å². The normalized spacial score (nSPS) is 10.4. The van der Waals surface area contributed by atoms with E-state index in [1.54, 1.807) is 17.8 Å². The predicted molar refractivity (Wildman–Crippen MR) is 50.3 cm³/mol. The SMILES string of the molecule is Cc1nc(N)nc(Cn2cccn2)n1. The van der Waals surface area contributed by atoms with Crippen LogP contribution in [-0.2, 0) is 6.54 Å². The predicted octanol–water partition coefficient (Wildman–Crippen LogP) is 0.00702. The number of hydrogen-bond donors (Lipinski definition) is 1. The second-order valence-electron chi connectivity index (χ2n) is 2.86. The van der Waals surface area contributed by atoms with Crippen molar-refractivity contribution in [1.29, 1.82) is 0 Å². The average Bonchev–Trinajstić information content (AvgIpc) is 2.54. The lowest BCUT2D eigenvalue weighted by Gasteiger charge is -2.01. The summed E-state index contributed by atoms with van der Waals surface area (Å²) in [6.07, 6.45) is 3.55. The van der Waals surface area contributed by atoms with Gasteiger partial charge < -0.3 is 5.73 Å². The second kappa shape index (κ2) is 3.41. The lowest BCUT2D eigenvalue weighted by atomic mass is 10.5. The molecule has 0 amide bonds. The summed E-state index contributed by atoms with van der Waals surface area (Å²) >= 11 is 0. The van der Waals surface area contributed by atoms with Gasteiger partial charge in [0.25, 0.3) is 0 Å². The van der Waals surface area contributed by atoms with Crippen molar-refractivity contribution in [2.45, 2.75) is 13.5 Å². The van der Waals surface area contributed by atoms with Crippen molar-refractivity contribution in [3.05, 3.63) is 30.1 Å². The molecule has 0 aliphatic rings. The van der Waals surface area contributed by atoms with Crippen LogP contribution in [0.5, 0.6) is 0 Å². The van der Waals surface area contributed by atoms with Crippen molar-refractivity contribution >= 4 is 5.95 Å². The topological polar surface area (TPSA) is 82.5 Å². The Hall–Kier alpha value is -1.98. The van der Waals surface area contributed by atoms with Gasteiger partial charge in [0.1, 0.15) is 12.4 Å². The molecule has 2 rings (SSSR count). The standard InChI is InChI=1S/C8H10N6/c1-6-11-7(13-8(9)12-6)5-14-4-2-3-10-14/h2-4H,5H2,1H3,(H2,9,11,12,13). The number of anilines is 1. The third kappa shape index (κ3) is 1.85. The van der Waals surface area contributed by atoms with E-state index in [0.717, 1.165) is 0 Å². The highest BCUT2D eigenvalue weighted by Gasteiger charge is 2.01. The van der Waals surface area contributed by atoms with Crippen LogP contribution < -0.4 is 5.73 Å². The molecule has 0 spiro atoms. The zero-order valence-electron chi connectivity index (χ0n) is 7.75. The van der Waals surface area contributed by atoms with Crippen LogP contribution in [0.3, 0.4) is 0 Å². The van der Waals surface area contributed by atoms with Gasteiger partial charge in [-0.1, -0.05) is 0 Å². The first-order valence-corrected chi connectivity index (χ1v) is 4.18. The monoisotopic (exact) mass is 190 g/mol. The first-order chi connectivity index (χ1) is 6.74. The van der Waals surface area contributed by atoms with Gasteiger partial charge in [0.05, 0.1) is 0 Å². The van der Waals surface area contributed by atoms with E-state index in [1.807, 2.05) is 12.3 Å². The van der Waals surface area contributed by atoms with Crippen molar-refractivity contribution < 1.29 is 0 Å². The molecule has 2 aromatic rings. The Bertz CT molecular complexity index is 401. The van der Waals surface area contributed by atoms with E-state index < -0.39 is 0 Å². The maximum atomic E-state index is 5.50. The first-order valence-electron chi connectivity index (χ1n) is 4.18. The maximum Gasteiger partial charge on any atom is 0.223 e. The highest BCUT2D eigenvalue weighted by Crippen LogP contribution is 1.98. The van der Waals surface area contributed by atoms with E-state index in [2.05, 4.69) is 20.1 Å². The zero-order valence-corrected chi connectivity index (χ0v) is 7.75. The summed E-state index contributed by atoms with van der Waals surface area (Å²) in [4.78, 5) is 12.0. The smallest absolute Gasteiger partial charge is 0.223 e. The first kappa shape index (κ1) is 8.61. The molecule has 0 bridgehead atoms. The number of nitrogens with zero attached hydrogens (tertiary/aromatic N) is 5. The minimum absolute atomic E-state index is 0.250. The van der Waals surface area contributed by atoms with Crippen molar-refractivity contribution in [3.63, 3.8) is 0 Å². The molecule has 6 heteroatoms. The molecule has 0 aliphatic carbocycles. The Kier molecular flexibility index (Phi) is 2.10. The van der Waals surface area contributed by atoms with Gasteiger partial charge in [-0.3, -0.25) is 4.68 Å². The van der Waals surface area contributed by atoms with E-state index >= 15 is 0 Å². The van der Waals surface area contributed by atoms with Gasteiger partial charge in [-0.15, -0.1) is 0 Å². The molecule has 0 atom stereocenters. The molecule has 0 aliphatic heterocycles. The molecule has 0 saturated carbocycles. The fourth-order valence-electron chi connectivity index (χ4n) is 1.17. The average molecular weight is 190 g/mol. The highest BCUT2D eigenvalue weighted by atomic mass is 15.3. The van der Waals surface area contributed by atoms with Crippen LogP contribution >= 0.6 is 0 Å². The van der Waals surface area contributed by atoms with Crippen LogP contribution in [0.15, 0.2) is 18.5 Å². The second-order valence-corrected chi connectivity index (χ2v) is 2.86. The number of nitrogen functional groups attached to an aromatic ring is 1. The number of rotatable bonds is 2. The maximum absolute atomic E-state index is 5.50. The lowest BCUT2D eigenvalue weighted by Crippen LogP contribution is -2.09. The minimum Gasteiger partial charge on any atom is -0.368 e. The molecule has 2 heterocycles. The molecule has 0 radical (unpaired) electrons. The molecule has 14 heavy (non-hydrogen) atoms. The van der Waals surface area contributed by atoms with Crippen molar-refractivity contribution in [3.8, 4) is 0 Å². The zero-order chi connectivity index (χ0) is 9.97. The molecule has 0 aromatic carbocycles. The Morgan fingerprint density at radius 2 is 2.21 bits per heavy atom. The van der Waals surface area contributed by atoms with Gasteiger partial charge in [-0.05, 0) is 13.0 Å². The number of nitrogens with two attached hydrogens (primary N) is 1. The Morgan fingerprint density at radius 3 is 2.86 bits per heavy atom. The van der Waals surface area contributed by atoms with Gasteiger partial charge in [0.15, 0.2) is 5.82 Å². The molecule has 6 nitrogen and oxygen atoms in total. The Balaban J connectivity index is 2.25. The van der Waals surface area contributed by atoms with Crippen LogP contribution in [0.4, 0.5) is 5.95 Å². The highest BCUT2D eigenvalue weighted by molar-refractivity contribution is 5.15. The van der Waals surface area contributed by atoms with Crippen LogP contribution in [0.2, 0.25) is 0 Å². The molecule has 0 saturated heterocycles. The summed E-state index contributed by atoms with van der Waals surface area (Å²) < 4.78 is 1.73. The summed E-state index contributed by atoms with van der Waals surface area (Å²) in [6, 6.07) is 1.84. The van der Waals surface area contributed by atoms with Crippen LogP contribution in [0.1, 0.15) is 11.6 Å². The van der Waals surface area contributed by atoms with E-state index in [9.17, 15) is 0 Å². The summed E-state index contributed by atoms with van der Waals surface area (Å²) in [6.45, 7) is 2.30. The molecular weight excluding hydrogens is 180 g/mol. The van der Waals surface area contributed by atoms with Gasteiger partial charge in [-0.2, -0.15) is 15.1 Å². The quantitative estimate of drug-likeness (QED) is 0.721. The van der Waals surface area contributed by atoms with E-state index in [4.69, 9.17) is 5.73 Å². The van der Waals surface area contributed by atoms with E-state index in [0.29, 0.717) is 18.2 Å². The summed E-state index contributed by atoms with van der Waals surface area (Å²) in [7, 11) is 0. The molecule has 0 fully saturated rings. The van der Waals surface area contributed by atoms with Crippen molar-refractivity contribution in [1.82, 2.24) is 24.7 Å². The number of aromatic nitrogens is 5. The molecular formula is C8H10N6. The van der Waals surface area contributed by atoms with Gasteiger partial charge >= 0.3 is 0 Å². The van der Waals surface area contributed by atoms with E-state index in [-0.39, 0.29) is 5.95 Å².